The van der Waals surface area contributed by atoms with Crippen molar-refractivity contribution in [2.24, 2.45) is 0 Å². The summed E-state index contributed by atoms with van der Waals surface area (Å²) in [5.74, 6) is -0.755. The average molecular weight is 396 g/mol. The minimum atomic E-state index is -1.35. The number of amides is 1. The van der Waals surface area contributed by atoms with Crippen molar-refractivity contribution in [2.75, 3.05) is 18.7 Å². The van der Waals surface area contributed by atoms with Crippen molar-refractivity contribution >= 4 is 40.0 Å². The third kappa shape index (κ3) is 4.83. The van der Waals surface area contributed by atoms with Gasteiger partial charge in [0.2, 0.25) is 0 Å². The highest BCUT2D eigenvalue weighted by Gasteiger charge is 2.22. The molecule has 0 saturated heterocycles. The van der Waals surface area contributed by atoms with Crippen molar-refractivity contribution in [3.63, 3.8) is 0 Å². The zero-order valence-corrected chi connectivity index (χ0v) is 16.0. The molecule has 0 radical (unpaired) electrons. The zero-order valence-electron chi connectivity index (χ0n) is 14.4. The van der Waals surface area contributed by atoms with E-state index in [1.54, 1.807) is 30.3 Å². The topological polar surface area (TPSA) is 81.7 Å². The fraction of sp³-hybridized carbons (Fsp3) is 0.222. The maximum atomic E-state index is 12.3. The highest BCUT2D eigenvalue weighted by Crippen LogP contribution is 2.27. The quantitative estimate of drug-likeness (QED) is 0.759. The van der Waals surface area contributed by atoms with Crippen molar-refractivity contribution in [3.8, 4) is 5.75 Å². The number of anilines is 1. The number of hydrogen-bond donors (Lipinski definition) is 1. The summed E-state index contributed by atoms with van der Waals surface area (Å²) < 4.78 is 22.0. The molecule has 0 aliphatic carbocycles. The number of hydrogen-bond acceptors (Lipinski definition) is 5. The van der Waals surface area contributed by atoms with Crippen LogP contribution in [0.1, 0.15) is 17.3 Å². The monoisotopic (exact) mass is 395 g/mol. The molecule has 2 atom stereocenters. The summed E-state index contributed by atoms with van der Waals surface area (Å²) in [5, 5.41) is 2.95. The van der Waals surface area contributed by atoms with Gasteiger partial charge in [-0.15, -0.1) is 0 Å². The predicted octanol–water partition coefficient (Wildman–Crippen LogP) is 3.27. The summed E-state index contributed by atoms with van der Waals surface area (Å²) in [6.45, 7) is 1.45. The van der Waals surface area contributed by atoms with Gasteiger partial charge in [-0.1, -0.05) is 23.7 Å². The summed E-state index contributed by atoms with van der Waals surface area (Å²) in [6, 6.07) is 11.2. The second-order valence-corrected chi connectivity index (χ2v) is 7.09. The standard InChI is InChI=1S/C18H18ClNO5S/c1-11(17(21)20-12-8-9-15(24-2)14(19)10-12)25-18(22)13-6-4-5-7-16(13)26(3)23/h4-11H,1-3H3,(H,20,21)/t11-,26-/m0/s1. The molecule has 2 aromatic rings. The van der Waals surface area contributed by atoms with E-state index in [1.807, 2.05) is 0 Å². The van der Waals surface area contributed by atoms with Crippen molar-refractivity contribution < 1.29 is 23.3 Å². The SMILES string of the molecule is COc1ccc(NC(=O)[C@H](C)OC(=O)c2ccccc2[S@](C)=O)cc1Cl. The van der Waals surface area contributed by atoms with Crippen molar-refractivity contribution in [1.29, 1.82) is 0 Å². The predicted molar refractivity (Wildman–Crippen MR) is 100 cm³/mol. The summed E-state index contributed by atoms with van der Waals surface area (Å²) in [4.78, 5) is 24.9. The number of carbonyl (C=O) groups is 2. The van der Waals surface area contributed by atoms with Crippen LogP contribution in [0, 0.1) is 0 Å². The smallest absolute Gasteiger partial charge is 0.340 e. The fourth-order valence-corrected chi connectivity index (χ4v) is 3.14. The normalized spacial score (nSPS) is 12.8. The third-order valence-corrected chi connectivity index (χ3v) is 4.76. The van der Waals surface area contributed by atoms with Crippen LogP contribution < -0.4 is 10.1 Å². The summed E-state index contributed by atoms with van der Waals surface area (Å²) >= 11 is 6.01. The Morgan fingerprint density at radius 3 is 2.50 bits per heavy atom. The van der Waals surface area contributed by atoms with Gasteiger partial charge in [0.25, 0.3) is 5.91 Å². The number of rotatable bonds is 6. The summed E-state index contributed by atoms with van der Waals surface area (Å²) in [7, 11) is 0.136. The molecule has 0 aromatic heterocycles. The van der Waals surface area contributed by atoms with E-state index in [4.69, 9.17) is 21.1 Å². The molecule has 0 bridgehead atoms. The van der Waals surface area contributed by atoms with E-state index in [2.05, 4.69) is 5.32 Å². The van der Waals surface area contributed by atoms with Crippen LogP contribution in [-0.2, 0) is 20.3 Å². The van der Waals surface area contributed by atoms with Crippen LogP contribution in [0.4, 0.5) is 5.69 Å². The molecule has 0 spiro atoms. The van der Waals surface area contributed by atoms with Crippen molar-refractivity contribution in [1.82, 2.24) is 0 Å². The van der Waals surface area contributed by atoms with Gasteiger partial charge in [0, 0.05) is 11.9 Å². The lowest BCUT2D eigenvalue weighted by Gasteiger charge is -2.15. The molecule has 2 aromatic carbocycles. The minimum absolute atomic E-state index is 0.167. The maximum Gasteiger partial charge on any atom is 0.340 e. The molecular formula is C18H18ClNO5S. The van der Waals surface area contributed by atoms with Crippen molar-refractivity contribution in [3.05, 3.63) is 53.1 Å². The molecule has 0 saturated carbocycles. The Balaban J connectivity index is 2.06. The Labute approximate surface area is 158 Å². The lowest BCUT2D eigenvalue weighted by molar-refractivity contribution is -0.123. The van der Waals surface area contributed by atoms with Gasteiger partial charge in [0.15, 0.2) is 6.10 Å². The van der Waals surface area contributed by atoms with E-state index in [-0.39, 0.29) is 5.56 Å². The van der Waals surface area contributed by atoms with E-state index in [1.165, 1.54) is 32.4 Å². The third-order valence-electron chi connectivity index (χ3n) is 3.49. The van der Waals surface area contributed by atoms with Gasteiger partial charge in [-0.2, -0.15) is 0 Å². The molecular weight excluding hydrogens is 378 g/mol. The molecule has 2 rings (SSSR count). The van der Waals surface area contributed by atoms with E-state index in [0.717, 1.165) is 0 Å². The first kappa shape index (κ1) is 19.9. The second kappa shape index (κ2) is 8.82. The molecule has 26 heavy (non-hydrogen) atoms. The Kier molecular flexibility index (Phi) is 6.76. The van der Waals surface area contributed by atoms with Gasteiger partial charge in [0.1, 0.15) is 5.75 Å². The van der Waals surface area contributed by atoms with Crippen LogP contribution in [0.25, 0.3) is 0 Å². The van der Waals surface area contributed by atoms with Crippen LogP contribution in [0.15, 0.2) is 47.4 Å². The molecule has 138 valence electrons. The molecule has 0 fully saturated rings. The van der Waals surface area contributed by atoms with Gasteiger partial charge in [0.05, 0.1) is 33.4 Å². The van der Waals surface area contributed by atoms with Gasteiger partial charge in [-0.3, -0.25) is 9.00 Å². The number of nitrogens with one attached hydrogen (secondary N) is 1. The van der Waals surface area contributed by atoms with E-state index in [9.17, 15) is 13.8 Å². The number of carbonyl (C=O) groups excluding carboxylic acids is 2. The summed E-state index contributed by atoms with van der Waals surface area (Å²) in [5.41, 5.74) is 0.610. The van der Waals surface area contributed by atoms with Crippen LogP contribution in [0.3, 0.4) is 0 Å². The van der Waals surface area contributed by atoms with Crippen LogP contribution in [0.2, 0.25) is 5.02 Å². The molecule has 8 heteroatoms. The van der Waals surface area contributed by atoms with E-state index >= 15 is 0 Å². The van der Waals surface area contributed by atoms with Crippen LogP contribution in [0.5, 0.6) is 5.75 Å². The van der Waals surface area contributed by atoms with E-state index in [0.29, 0.717) is 21.4 Å². The second-order valence-electron chi connectivity index (χ2n) is 5.34. The number of halogens is 1. The lowest BCUT2D eigenvalue weighted by atomic mass is 10.2. The number of methoxy groups -OCH3 is 1. The Morgan fingerprint density at radius 1 is 1.19 bits per heavy atom. The highest BCUT2D eigenvalue weighted by atomic mass is 35.5. The van der Waals surface area contributed by atoms with Crippen LogP contribution in [-0.4, -0.2) is 35.6 Å². The lowest BCUT2D eigenvalue weighted by Crippen LogP contribution is -2.30. The zero-order chi connectivity index (χ0) is 19.3. The molecule has 6 nitrogen and oxygen atoms in total. The Morgan fingerprint density at radius 2 is 1.88 bits per heavy atom. The number of ether oxygens (including phenoxy) is 2. The molecule has 1 amide bonds. The van der Waals surface area contributed by atoms with Gasteiger partial charge < -0.3 is 14.8 Å². The minimum Gasteiger partial charge on any atom is -0.495 e. The molecule has 0 aliphatic rings. The van der Waals surface area contributed by atoms with E-state index < -0.39 is 28.8 Å². The molecule has 1 N–H and O–H groups in total. The Hall–Kier alpha value is -2.38. The molecule has 0 heterocycles. The summed E-state index contributed by atoms with van der Waals surface area (Å²) in [6.07, 6.45) is 0.414. The fourth-order valence-electron chi connectivity index (χ4n) is 2.15. The first-order valence-corrected chi connectivity index (χ1v) is 9.55. The van der Waals surface area contributed by atoms with Gasteiger partial charge >= 0.3 is 5.97 Å². The van der Waals surface area contributed by atoms with Gasteiger partial charge in [-0.25, -0.2) is 4.79 Å². The maximum absolute atomic E-state index is 12.3. The average Bonchev–Trinajstić information content (AvgIpc) is 2.61. The number of benzene rings is 2. The first-order chi connectivity index (χ1) is 12.3. The van der Waals surface area contributed by atoms with Crippen molar-refractivity contribution in [2.45, 2.75) is 17.9 Å². The largest absolute Gasteiger partial charge is 0.495 e. The van der Waals surface area contributed by atoms with Crippen LogP contribution >= 0.6 is 11.6 Å². The molecule has 0 unspecified atom stereocenters. The highest BCUT2D eigenvalue weighted by molar-refractivity contribution is 7.84. The molecule has 0 aliphatic heterocycles. The first-order valence-electron chi connectivity index (χ1n) is 7.61. The van der Waals surface area contributed by atoms with Gasteiger partial charge in [-0.05, 0) is 37.3 Å². The number of esters is 1. The Bertz CT molecular complexity index is 855.